The molecular weight excluding hydrogens is 360 g/mol. The van der Waals surface area contributed by atoms with Crippen molar-refractivity contribution in [2.45, 2.75) is 19.3 Å². The second kappa shape index (κ2) is 7.51. The smallest absolute Gasteiger partial charge is 0.259 e. The first kappa shape index (κ1) is 17.6. The average molecular weight is 382 g/mol. The third-order valence-electron chi connectivity index (χ3n) is 5.44. The third-order valence-corrected chi connectivity index (χ3v) is 5.44. The monoisotopic (exact) mass is 382 g/mol. The summed E-state index contributed by atoms with van der Waals surface area (Å²) in [6.07, 6.45) is 7.54. The van der Waals surface area contributed by atoms with Gasteiger partial charge >= 0.3 is 0 Å². The van der Waals surface area contributed by atoms with Crippen molar-refractivity contribution >= 4 is 39.8 Å². The summed E-state index contributed by atoms with van der Waals surface area (Å²) in [6.45, 7) is 2.05. The molecule has 29 heavy (non-hydrogen) atoms. The molecule has 0 unspecified atom stereocenters. The minimum absolute atomic E-state index is 0.122. The lowest BCUT2D eigenvalue weighted by Crippen LogP contribution is -2.30. The molecule has 1 aliphatic heterocycles. The first-order valence-electron chi connectivity index (χ1n) is 10.1. The number of hydrogen-bond donors (Lipinski definition) is 1. The average Bonchev–Trinajstić information content (AvgIpc) is 2.78. The summed E-state index contributed by atoms with van der Waals surface area (Å²) in [7, 11) is 0. The van der Waals surface area contributed by atoms with Crippen molar-refractivity contribution in [1.29, 1.82) is 0 Å². The van der Waals surface area contributed by atoms with Crippen molar-refractivity contribution in [1.82, 2.24) is 15.0 Å². The van der Waals surface area contributed by atoms with Gasteiger partial charge in [-0.25, -0.2) is 9.97 Å². The highest BCUT2D eigenvalue weighted by molar-refractivity contribution is 5.87. The molecule has 0 bridgehead atoms. The van der Waals surface area contributed by atoms with Gasteiger partial charge < -0.3 is 9.88 Å². The fourth-order valence-corrected chi connectivity index (χ4v) is 3.96. The molecule has 1 aliphatic rings. The van der Waals surface area contributed by atoms with Crippen LogP contribution in [0, 0.1) is 0 Å². The molecule has 0 saturated carbocycles. The lowest BCUT2D eigenvalue weighted by molar-refractivity contribution is 0.574. The Morgan fingerprint density at radius 3 is 2.48 bits per heavy atom. The van der Waals surface area contributed by atoms with Gasteiger partial charge in [-0.3, -0.25) is 4.79 Å². The van der Waals surface area contributed by atoms with Crippen LogP contribution in [0.15, 0.2) is 59.4 Å². The van der Waals surface area contributed by atoms with Crippen LogP contribution in [0.2, 0.25) is 0 Å². The van der Waals surface area contributed by atoms with Gasteiger partial charge in [-0.15, -0.1) is 0 Å². The minimum atomic E-state index is -0.122. The van der Waals surface area contributed by atoms with Crippen LogP contribution < -0.4 is 10.5 Å². The van der Waals surface area contributed by atoms with E-state index in [1.165, 1.54) is 19.3 Å². The van der Waals surface area contributed by atoms with Crippen LogP contribution in [0.4, 0.5) is 5.82 Å². The number of para-hydroxylation sites is 2. The first-order chi connectivity index (χ1) is 14.3. The number of hydrogen-bond acceptors (Lipinski definition) is 4. The Morgan fingerprint density at radius 1 is 0.862 bits per heavy atom. The summed E-state index contributed by atoms with van der Waals surface area (Å²) in [5.41, 5.74) is 2.62. The van der Waals surface area contributed by atoms with E-state index in [4.69, 9.17) is 4.98 Å². The van der Waals surface area contributed by atoms with Crippen molar-refractivity contribution in [2.75, 3.05) is 18.0 Å². The molecule has 0 atom stereocenters. The first-order valence-corrected chi connectivity index (χ1v) is 10.1. The number of H-pyrrole nitrogens is 1. The Hall–Kier alpha value is -3.47. The molecule has 1 N–H and O–H groups in total. The van der Waals surface area contributed by atoms with Gasteiger partial charge in [-0.2, -0.15) is 0 Å². The van der Waals surface area contributed by atoms with Crippen LogP contribution in [-0.4, -0.2) is 28.0 Å². The number of pyridine rings is 1. The van der Waals surface area contributed by atoms with Crippen molar-refractivity contribution in [2.24, 2.45) is 0 Å². The zero-order chi connectivity index (χ0) is 19.6. The van der Waals surface area contributed by atoms with Crippen molar-refractivity contribution in [3.63, 3.8) is 0 Å². The van der Waals surface area contributed by atoms with Gasteiger partial charge in [-0.05, 0) is 55.7 Å². The maximum absolute atomic E-state index is 12.3. The Bertz CT molecular complexity index is 1270. The summed E-state index contributed by atoms with van der Waals surface area (Å²) in [4.78, 5) is 27.1. The van der Waals surface area contributed by atoms with Crippen LogP contribution in [0.25, 0.3) is 34.0 Å². The molecule has 2 aromatic heterocycles. The fourth-order valence-electron chi connectivity index (χ4n) is 3.96. The van der Waals surface area contributed by atoms with Crippen molar-refractivity contribution in [3.8, 4) is 0 Å². The third kappa shape index (κ3) is 3.51. The maximum Gasteiger partial charge on any atom is 0.259 e. The number of nitrogens with zero attached hydrogens (tertiary/aromatic N) is 3. The predicted octanol–water partition coefficient (Wildman–Crippen LogP) is 4.63. The van der Waals surface area contributed by atoms with E-state index in [9.17, 15) is 4.79 Å². The molecule has 2 aromatic carbocycles. The number of aromatic amines is 1. The Kier molecular flexibility index (Phi) is 4.56. The maximum atomic E-state index is 12.3. The molecule has 1 fully saturated rings. The van der Waals surface area contributed by atoms with Crippen LogP contribution in [0.5, 0.6) is 0 Å². The largest absolute Gasteiger partial charge is 0.356 e. The van der Waals surface area contributed by atoms with Crippen molar-refractivity contribution in [3.05, 3.63) is 76.3 Å². The second-order valence-corrected chi connectivity index (χ2v) is 7.44. The van der Waals surface area contributed by atoms with E-state index in [1.807, 2.05) is 42.5 Å². The Morgan fingerprint density at radius 2 is 1.62 bits per heavy atom. The summed E-state index contributed by atoms with van der Waals surface area (Å²) in [5.74, 6) is 1.55. The molecule has 0 aliphatic carbocycles. The van der Waals surface area contributed by atoms with Crippen LogP contribution >= 0.6 is 0 Å². The van der Waals surface area contributed by atoms with E-state index in [1.54, 1.807) is 6.07 Å². The molecule has 0 spiro atoms. The lowest BCUT2D eigenvalue weighted by atomic mass is 10.1. The summed E-state index contributed by atoms with van der Waals surface area (Å²) in [6, 6.07) is 17.7. The highest BCUT2D eigenvalue weighted by Crippen LogP contribution is 2.27. The van der Waals surface area contributed by atoms with Gasteiger partial charge in [0, 0.05) is 24.0 Å². The highest BCUT2D eigenvalue weighted by atomic mass is 16.1. The van der Waals surface area contributed by atoms with E-state index in [0.717, 1.165) is 35.4 Å². The molecule has 144 valence electrons. The second-order valence-electron chi connectivity index (χ2n) is 7.44. The van der Waals surface area contributed by atoms with Gasteiger partial charge in [0.15, 0.2) is 0 Å². The summed E-state index contributed by atoms with van der Waals surface area (Å²) < 4.78 is 0. The van der Waals surface area contributed by atoms with E-state index in [-0.39, 0.29) is 5.56 Å². The van der Waals surface area contributed by atoms with Gasteiger partial charge in [0.05, 0.1) is 16.4 Å². The lowest BCUT2D eigenvalue weighted by Gasteiger charge is -2.29. The minimum Gasteiger partial charge on any atom is -0.356 e. The standard InChI is InChI=1S/C24H22N4O/c29-24-19-9-3-5-11-21(19)25-22(27-24)13-12-18-16-17-8-2-4-10-20(17)26-23(18)28-14-6-1-7-15-28/h2-5,8-13,16H,1,6-7,14-15H2,(H,25,27,29)/b13-12+. The molecule has 5 heteroatoms. The molecule has 0 radical (unpaired) electrons. The molecule has 0 amide bonds. The van der Waals surface area contributed by atoms with Crippen LogP contribution in [0.1, 0.15) is 30.7 Å². The number of fused-ring (bicyclic) bond motifs is 2. The van der Waals surface area contributed by atoms with Crippen molar-refractivity contribution < 1.29 is 0 Å². The van der Waals surface area contributed by atoms with Gasteiger partial charge in [0.25, 0.3) is 5.56 Å². The number of piperidine rings is 1. The number of aromatic nitrogens is 3. The van der Waals surface area contributed by atoms with Crippen LogP contribution in [-0.2, 0) is 0 Å². The van der Waals surface area contributed by atoms with Gasteiger partial charge in [0.1, 0.15) is 11.6 Å². The van der Waals surface area contributed by atoms with E-state index in [0.29, 0.717) is 16.7 Å². The molecular formula is C24H22N4O. The molecule has 1 saturated heterocycles. The Balaban J connectivity index is 1.59. The normalized spacial score (nSPS) is 14.8. The SMILES string of the molecule is O=c1[nH]c(/C=C/c2cc3ccccc3nc2N2CCCCC2)nc2ccccc12. The molecule has 5 nitrogen and oxygen atoms in total. The number of rotatable bonds is 3. The van der Waals surface area contributed by atoms with E-state index < -0.39 is 0 Å². The molecule has 5 rings (SSSR count). The van der Waals surface area contributed by atoms with Crippen LogP contribution in [0.3, 0.4) is 0 Å². The number of benzene rings is 2. The molecule has 4 aromatic rings. The molecule has 3 heterocycles. The summed E-state index contributed by atoms with van der Waals surface area (Å²) >= 11 is 0. The quantitative estimate of drug-likeness (QED) is 0.561. The zero-order valence-electron chi connectivity index (χ0n) is 16.1. The predicted molar refractivity (Wildman–Crippen MR) is 119 cm³/mol. The fraction of sp³-hybridized carbons (Fsp3) is 0.208. The zero-order valence-corrected chi connectivity index (χ0v) is 16.1. The summed E-state index contributed by atoms with van der Waals surface area (Å²) in [5, 5.41) is 1.71. The highest BCUT2D eigenvalue weighted by Gasteiger charge is 2.16. The van der Waals surface area contributed by atoms with Gasteiger partial charge in [0.2, 0.25) is 0 Å². The van der Waals surface area contributed by atoms with E-state index >= 15 is 0 Å². The van der Waals surface area contributed by atoms with Gasteiger partial charge in [-0.1, -0.05) is 30.3 Å². The Labute approximate surface area is 168 Å². The number of nitrogens with one attached hydrogen (secondary N) is 1. The number of anilines is 1. The topological polar surface area (TPSA) is 61.9 Å². The van der Waals surface area contributed by atoms with E-state index in [2.05, 4.69) is 33.1 Å².